The Labute approximate surface area is 245 Å². The number of ketones is 1. The topological polar surface area (TPSA) is 93.7 Å². The van der Waals surface area contributed by atoms with Crippen molar-refractivity contribution in [3.8, 4) is 5.75 Å². The first-order valence-electron chi connectivity index (χ1n) is 13.0. The molecule has 2 amide bonds. The monoisotopic (exact) mass is 572 g/mol. The molecule has 7 nitrogen and oxygen atoms in total. The quantitative estimate of drug-likeness (QED) is 0.165. The molecule has 0 radical (unpaired) electrons. The van der Waals surface area contributed by atoms with E-state index in [1.165, 1.54) is 0 Å². The number of nitrogens with one attached hydrogen (secondary N) is 2. The van der Waals surface area contributed by atoms with E-state index in [2.05, 4.69) is 10.6 Å². The largest absolute Gasteiger partial charge is 0.476 e. The number of rotatable bonds is 8. The van der Waals surface area contributed by atoms with Crippen LogP contribution in [0.25, 0.3) is 0 Å². The summed E-state index contributed by atoms with van der Waals surface area (Å²) in [5, 5.41) is 6.06. The highest BCUT2D eigenvalue weighted by Crippen LogP contribution is 2.22. The summed E-state index contributed by atoms with van der Waals surface area (Å²) in [5.41, 5.74) is 1.51. The molecule has 0 aromatic heterocycles. The Bertz CT molecular complexity index is 1380. The molecule has 0 aliphatic rings. The highest BCUT2D eigenvalue weighted by Gasteiger charge is 2.32. The van der Waals surface area contributed by atoms with Crippen molar-refractivity contribution in [3.63, 3.8) is 0 Å². The lowest BCUT2D eigenvalue weighted by Gasteiger charge is -2.25. The molecule has 8 heteroatoms. The predicted octanol–water partition coefficient (Wildman–Crippen LogP) is 8.01. The number of hydrogen-bond donors (Lipinski definition) is 2. The molecular weight excluding hydrogens is 540 g/mol. The van der Waals surface area contributed by atoms with Gasteiger partial charge in [0.2, 0.25) is 0 Å². The number of esters is 1. The van der Waals surface area contributed by atoms with Crippen molar-refractivity contribution in [1.82, 2.24) is 0 Å². The third-order valence-electron chi connectivity index (χ3n) is 5.49. The second-order valence-corrected chi connectivity index (χ2v) is 10.2. The second kappa shape index (κ2) is 14.7. The smallest absolute Gasteiger partial charge is 0.350 e. The van der Waals surface area contributed by atoms with Gasteiger partial charge in [0.05, 0.1) is 6.10 Å². The average Bonchev–Trinajstić information content (AvgIpc) is 2.94. The second-order valence-electron chi connectivity index (χ2n) is 9.74. The van der Waals surface area contributed by atoms with Gasteiger partial charge >= 0.3 is 12.0 Å². The van der Waals surface area contributed by atoms with E-state index in [1.54, 1.807) is 76.2 Å². The van der Waals surface area contributed by atoms with Crippen LogP contribution in [0, 0.1) is 0 Å². The summed E-state index contributed by atoms with van der Waals surface area (Å²) in [5.74, 6) is -0.0659. The number of carbonyl (C=O) groups excluding carboxylic acids is 3. The summed E-state index contributed by atoms with van der Waals surface area (Å²) >= 11 is 5.84. The normalized spacial score (nSPS) is 10.6. The molecule has 4 aromatic rings. The van der Waals surface area contributed by atoms with Crippen LogP contribution in [0.15, 0.2) is 109 Å². The molecule has 0 saturated heterocycles. The van der Waals surface area contributed by atoms with Gasteiger partial charge in [0.1, 0.15) is 5.75 Å². The molecule has 0 fully saturated rings. The zero-order valence-corrected chi connectivity index (χ0v) is 24.1. The number of para-hydroxylation sites is 2. The van der Waals surface area contributed by atoms with E-state index >= 15 is 0 Å². The van der Waals surface area contributed by atoms with Gasteiger partial charge < -0.3 is 20.1 Å². The minimum absolute atomic E-state index is 0.110. The van der Waals surface area contributed by atoms with Crippen molar-refractivity contribution < 1.29 is 23.9 Å². The molecule has 0 aliphatic heterocycles. The molecule has 41 heavy (non-hydrogen) atoms. The standard InChI is InChI=1S/C20H21ClO4.C13H12N2O/c1-13(2)24-19(23)20(3,4)25-17-11-7-15(8-12-17)18(22)14-5-9-16(21)10-6-14;16-13(14-11-7-3-1-4-8-11)15-12-9-5-2-6-10-12/h5-13H,1-4H3;1-10H,(H2,14,15,16). The molecule has 0 atom stereocenters. The first-order chi connectivity index (χ1) is 19.5. The zero-order valence-electron chi connectivity index (χ0n) is 23.4. The van der Waals surface area contributed by atoms with Gasteiger partial charge in [0.25, 0.3) is 0 Å². The van der Waals surface area contributed by atoms with E-state index in [0.717, 1.165) is 11.4 Å². The van der Waals surface area contributed by atoms with Crippen LogP contribution in [-0.2, 0) is 9.53 Å². The fraction of sp³-hybridized carbons (Fsp3) is 0.182. The van der Waals surface area contributed by atoms with Gasteiger partial charge in [0, 0.05) is 27.5 Å². The number of ether oxygens (including phenoxy) is 2. The molecule has 0 spiro atoms. The lowest BCUT2D eigenvalue weighted by atomic mass is 10.0. The minimum atomic E-state index is -1.12. The molecule has 0 saturated carbocycles. The van der Waals surface area contributed by atoms with Gasteiger partial charge in [-0.15, -0.1) is 0 Å². The Morgan fingerprint density at radius 2 is 1.12 bits per heavy atom. The van der Waals surface area contributed by atoms with Crippen molar-refractivity contribution in [2.24, 2.45) is 0 Å². The fourth-order valence-electron chi connectivity index (χ4n) is 3.47. The van der Waals surface area contributed by atoms with E-state index in [1.807, 2.05) is 60.7 Å². The molecule has 2 N–H and O–H groups in total. The Hall–Kier alpha value is -4.62. The Balaban J connectivity index is 0.000000248. The first kappa shape index (κ1) is 30.9. The molecule has 4 aromatic carbocycles. The van der Waals surface area contributed by atoms with E-state index in [0.29, 0.717) is 21.9 Å². The van der Waals surface area contributed by atoms with Gasteiger partial charge in [-0.1, -0.05) is 48.0 Å². The third-order valence-corrected chi connectivity index (χ3v) is 5.75. The van der Waals surface area contributed by atoms with Gasteiger partial charge in [-0.3, -0.25) is 4.79 Å². The van der Waals surface area contributed by atoms with E-state index in [-0.39, 0.29) is 17.9 Å². The molecular formula is C33H33ClN2O5. The Morgan fingerprint density at radius 3 is 1.56 bits per heavy atom. The predicted molar refractivity (Wildman–Crippen MR) is 163 cm³/mol. The molecule has 0 aliphatic carbocycles. The van der Waals surface area contributed by atoms with Crippen molar-refractivity contribution in [3.05, 3.63) is 125 Å². The van der Waals surface area contributed by atoms with Gasteiger partial charge in [0.15, 0.2) is 11.4 Å². The molecule has 0 bridgehead atoms. The highest BCUT2D eigenvalue weighted by molar-refractivity contribution is 6.30. The summed E-state index contributed by atoms with van der Waals surface area (Å²) in [6.07, 6.45) is -0.213. The number of hydrogen-bond acceptors (Lipinski definition) is 5. The van der Waals surface area contributed by atoms with Crippen LogP contribution < -0.4 is 15.4 Å². The minimum Gasteiger partial charge on any atom is -0.476 e. The fourth-order valence-corrected chi connectivity index (χ4v) is 3.60. The molecule has 212 valence electrons. The SMILES string of the molecule is CC(C)OC(=O)C(C)(C)Oc1ccc(C(=O)c2ccc(Cl)cc2)cc1.O=C(Nc1ccccc1)Nc1ccccc1. The number of anilines is 2. The first-order valence-corrected chi connectivity index (χ1v) is 13.4. The van der Waals surface area contributed by atoms with Crippen LogP contribution >= 0.6 is 11.6 Å². The van der Waals surface area contributed by atoms with Crippen LogP contribution in [0.2, 0.25) is 5.02 Å². The lowest BCUT2D eigenvalue weighted by molar-refractivity contribution is -0.163. The summed E-state index contributed by atoms with van der Waals surface area (Å²) in [6, 6.07) is 31.8. The number of benzene rings is 4. The maximum Gasteiger partial charge on any atom is 0.350 e. The van der Waals surface area contributed by atoms with Gasteiger partial charge in [-0.25, -0.2) is 9.59 Å². The average molecular weight is 573 g/mol. The van der Waals surface area contributed by atoms with E-state index < -0.39 is 11.6 Å². The molecule has 0 unspecified atom stereocenters. The summed E-state index contributed by atoms with van der Waals surface area (Å²) < 4.78 is 10.9. The van der Waals surface area contributed by atoms with Crippen LogP contribution in [-0.4, -0.2) is 29.5 Å². The van der Waals surface area contributed by atoms with Crippen LogP contribution in [0.5, 0.6) is 5.75 Å². The Morgan fingerprint density at radius 1 is 0.683 bits per heavy atom. The van der Waals surface area contributed by atoms with Crippen molar-refractivity contribution >= 4 is 40.8 Å². The van der Waals surface area contributed by atoms with Crippen LogP contribution in [0.3, 0.4) is 0 Å². The van der Waals surface area contributed by atoms with E-state index in [9.17, 15) is 14.4 Å². The van der Waals surface area contributed by atoms with Crippen LogP contribution in [0.4, 0.5) is 16.2 Å². The number of halogens is 1. The van der Waals surface area contributed by atoms with E-state index in [4.69, 9.17) is 21.1 Å². The number of amides is 2. The van der Waals surface area contributed by atoms with Crippen LogP contribution in [0.1, 0.15) is 43.6 Å². The third kappa shape index (κ3) is 10.1. The maximum atomic E-state index is 12.4. The zero-order chi connectivity index (χ0) is 29.8. The highest BCUT2D eigenvalue weighted by atomic mass is 35.5. The summed E-state index contributed by atoms with van der Waals surface area (Å²) in [7, 11) is 0. The van der Waals surface area contributed by atoms with Crippen molar-refractivity contribution in [2.75, 3.05) is 10.6 Å². The van der Waals surface area contributed by atoms with Crippen molar-refractivity contribution in [1.29, 1.82) is 0 Å². The lowest BCUT2D eigenvalue weighted by Crippen LogP contribution is -2.40. The summed E-state index contributed by atoms with van der Waals surface area (Å²) in [6.45, 7) is 6.85. The van der Waals surface area contributed by atoms with Gasteiger partial charge in [-0.2, -0.15) is 0 Å². The molecule has 0 heterocycles. The molecule has 4 rings (SSSR count). The Kier molecular flexibility index (Phi) is 11.1. The summed E-state index contributed by atoms with van der Waals surface area (Å²) in [4.78, 5) is 36.0. The number of carbonyl (C=O) groups is 3. The van der Waals surface area contributed by atoms with Crippen molar-refractivity contribution in [2.45, 2.75) is 39.4 Å². The van der Waals surface area contributed by atoms with Gasteiger partial charge in [-0.05, 0) is 100 Å². The number of urea groups is 1. The maximum absolute atomic E-state index is 12.4.